The second-order valence-corrected chi connectivity index (χ2v) is 11.5. The van der Waals surface area contributed by atoms with E-state index in [0.29, 0.717) is 36.5 Å². The van der Waals surface area contributed by atoms with Crippen LogP contribution in [0.5, 0.6) is 0 Å². The van der Waals surface area contributed by atoms with E-state index in [-0.39, 0.29) is 29.2 Å². The van der Waals surface area contributed by atoms with Gasteiger partial charge in [-0.3, -0.25) is 14.6 Å². The van der Waals surface area contributed by atoms with Gasteiger partial charge < -0.3 is 19.9 Å². The molecule has 6 rings (SSSR count). The summed E-state index contributed by atoms with van der Waals surface area (Å²) in [6, 6.07) is 8.87. The van der Waals surface area contributed by atoms with Crippen molar-refractivity contribution in [2.24, 2.45) is 23.7 Å². The number of amides is 2. The zero-order chi connectivity index (χ0) is 26.2. The van der Waals surface area contributed by atoms with Crippen molar-refractivity contribution in [1.29, 1.82) is 0 Å². The fourth-order valence-electron chi connectivity index (χ4n) is 6.41. The molecule has 2 N–H and O–H groups in total. The highest BCUT2D eigenvalue weighted by atomic mass is 16.7. The second kappa shape index (κ2) is 10.5. The summed E-state index contributed by atoms with van der Waals surface area (Å²) < 4.78 is 13.1. The largest absolute Gasteiger partial charge is 0.481 e. The molecule has 1 saturated heterocycles. The number of carbonyl (C=O) groups is 2. The number of hydrogen-bond acceptors (Lipinski definition) is 6. The Hall–Kier alpha value is -2.78. The minimum absolute atomic E-state index is 0.0560. The van der Waals surface area contributed by atoms with Crippen LogP contribution in [0.1, 0.15) is 63.0 Å². The van der Waals surface area contributed by atoms with Gasteiger partial charge in [-0.25, -0.2) is 4.98 Å². The van der Waals surface area contributed by atoms with Crippen LogP contribution in [0.15, 0.2) is 48.9 Å². The van der Waals surface area contributed by atoms with Gasteiger partial charge in [-0.05, 0) is 55.4 Å². The van der Waals surface area contributed by atoms with Crippen molar-refractivity contribution in [1.82, 2.24) is 20.6 Å². The molecule has 0 spiro atoms. The van der Waals surface area contributed by atoms with Gasteiger partial charge >= 0.3 is 7.12 Å². The van der Waals surface area contributed by atoms with Gasteiger partial charge in [0.25, 0.3) is 5.91 Å². The van der Waals surface area contributed by atoms with E-state index in [4.69, 9.17) is 9.31 Å². The fourth-order valence-corrected chi connectivity index (χ4v) is 6.41. The lowest BCUT2D eigenvalue weighted by molar-refractivity contribution is -0.152. The van der Waals surface area contributed by atoms with Crippen LogP contribution in [-0.4, -0.2) is 52.6 Å². The van der Waals surface area contributed by atoms with Crippen molar-refractivity contribution >= 4 is 18.9 Å². The van der Waals surface area contributed by atoms with Crippen LogP contribution >= 0.6 is 0 Å². The first kappa shape index (κ1) is 25.9. The smallest absolute Gasteiger partial charge is 0.404 e. The highest BCUT2D eigenvalue weighted by Gasteiger charge is 2.64. The molecule has 2 bridgehead atoms. The molecule has 1 unspecified atom stereocenters. The summed E-state index contributed by atoms with van der Waals surface area (Å²) in [6.07, 6.45) is 7.67. The summed E-state index contributed by atoms with van der Waals surface area (Å²) in [5, 5.41) is 6.07. The van der Waals surface area contributed by atoms with Gasteiger partial charge in [-0.1, -0.05) is 51.1 Å². The molecule has 0 radical (unpaired) electrons. The van der Waals surface area contributed by atoms with Gasteiger partial charge in [0.15, 0.2) is 0 Å². The molecular formula is C28H37BN4O4. The zero-order valence-corrected chi connectivity index (χ0v) is 22.1. The predicted molar refractivity (Wildman–Crippen MR) is 140 cm³/mol. The lowest BCUT2D eigenvalue weighted by atomic mass is 9.51. The Bertz CT molecular complexity index is 1100. The molecule has 3 saturated carbocycles. The third-order valence-corrected chi connectivity index (χ3v) is 8.58. The molecule has 2 amide bonds. The Labute approximate surface area is 219 Å². The molecule has 8 nitrogen and oxygen atoms in total. The van der Waals surface area contributed by atoms with Crippen molar-refractivity contribution in [2.45, 2.75) is 77.1 Å². The Morgan fingerprint density at radius 3 is 2.62 bits per heavy atom. The summed E-state index contributed by atoms with van der Waals surface area (Å²) in [7, 11) is -0.513. The maximum atomic E-state index is 13.7. The van der Waals surface area contributed by atoms with Crippen molar-refractivity contribution in [2.75, 3.05) is 0 Å². The van der Waals surface area contributed by atoms with E-state index < -0.39 is 19.1 Å². The van der Waals surface area contributed by atoms with Crippen LogP contribution in [0.3, 0.4) is 0 Å². The van der Waals surface area contributed by atoms with Crippen molar-refractivity contribution in [3.8, 4) is 0 Å². The van der Waals surface area contributed by atoms with E-state index >= 15 is 0 Å². The summed E-state index contributed by atoms with van der Waals surface area (Å²) in [6.45, 7) is 8.75. The number of aromatic nitrogens is 2. The number of nitrogens with one attached hydrogen (secondary N) is 2. The molecule has 1 aromatic heterocycles. The molecule has 37 heavy (non-hydrogen) atoms. The van der Waals surface area contributed by atoms with Crippen LogP contribution in [0.25, 0.3) is 0 Å². The number of benzene rings is 1. The van der Waals surface area contributed by atoms with Crippen LogP contribution in [-0.2, 0) is 20.5 Å². The molecule has 1 aromatic carbocycles. The molecular weight excluding hydrogens is 467 g/mol. The van der Waals surface area contributed by atoms with Gasteiger partial charge in [-0.15, -0.1) is 0 Å². The third-order valence-electron chi connectivity index (χ3n) is 8.58. The maximum absolute atomic E-state index is 13.7. The van der Waals surface area contributed by atoms with Crippen LogP contribution in [0, 0.1) is 23.7 Å². The molecule has 2 heterocycles. The number of carbonyl (C=O) groups excluding carboxylic acids is 2. The molecule has 1 aliphatic heterocycles. The lowest BCUT2D eigenvalue weighted by Gasteiger charge is -2.58. The third kappa shape index (κ3) is 5.29. The Morgan fingerprint density at radius 2 is 1.95 bits per heavy atom. The maximum Gasteiger partial charge on any atom is 0.481 e. The summed E-state index contributed by atoms with van der Waals surface area (Å²) in [5.41, 5.74) is 0.797. The molecule has 4 aliphatic rings. The predicted octanol–water partition coefficient (Wildman–Crippen LogP) is 3.23. The molecule has 7 atom stereocenters. The lowest BCUT2D eigenvalue weighted by Crippen LogP contribution is -2.61. The minimum atomic E-state index is -0.793. The van der Waals surface area contributed by atoms with Gasteiger partial charge in [-0.2, -0.15) is 0 Å². The highest BCUT2D eigenvalue weighted by Crippen LogP contribution is 2.59. The number of rotatable bonds is 9. The summed E-state index contributed by atoms with van der Waals surface area (Å²) in [4.78, 5) is 34.7. The fraction of sp³-hybridized carbons (Fsp3) is 0.571. The van der Waals surface area contributed by atoms with E-state index in [1.54, 1.807) is 0 Å². The van der Waals surface area contributed by atoms with Crippen LogP contribution in [0.2, 0.25) is 0 Å². The average molecular weight is 504 g/mol. The highest BCUT2D eigenvalue weighted by molar-refractivity contribution is 6.48. The Kier molecular flexibility index (Phi) is 7.36. The Balaban J connectivity index is 1.33. The van der Waals surface area contributed by atoms with E-state index in [1.165, 1.54) is 25.0 Å². The Morgan fingerprint density at radius 1 is 1.16 bits per heavy atom. The minimum Gasteiger partial charge on any atom is -0.404 e. The van der Waals surface area contributed by atoms with Crippen molar-refractivity contribution in [3.05, 3.63) is 60.2 Å². The van der Waals surface area contributed by atoms with Crippen molar-refractivity contribution in [3.63, 3.8) is 0 Å². The second-order valence-electron chi connectivity index (χ2n) is 11.5. The first-order valence-electron chi connectivity index (χ1n) is 13.5. The van der Waals surface area contributed by atoms with E-state index in [0.717, 1.165) is 12.0 Å². The quantitative estimate of drug-likeness (QED) is 0.509. The van der Waals surface area contributed by atoms with Crippen LogP contribution < -0.4 is 10.6 Å². The summed E-state index contributed by atoms with van der Waals surface area (Å²) >= 11 is 0. The topological polar surface area (TPSA) is 102 Å². The monoisotopic (exact) mass is 504 g/mol. The number of nitrogens with zero attached hydrogens (tertiary/aromatic N) is 2. The van der Waals surface area contributed by atoms with E-state index in [9.17, 15) is 9.59 Å². The first-order chi connectivity index (χ1) is 17.7. The normalized spacial score (nSPS) is 29.7. The molecule has 4 fully saturated rings. The molecule has 196 valence electrons. The first-order valence-corrected chi connectivity index (χ1v) is 13.5. The molecule has 2 aromatic rings. The van der Waals surface area contributed by atoms with Gasteiger partial charge in [0.05, 0.1) is 23.8 Å². The average Bonchev–Trinajstić information content (AvgIpc) is 3.25. The van der Waals surface area contributed by atoms with Gasteiger partial charge in [0.2, 0.25) is 5.91 Å². The van der Waals surface area contributed by atoms with Gasteiger partial charge in [0.1, 0.15) is 11.7 Å². The van der Waals surface area contributed by atoms with Crippen LogP contribution in [0.4, 0.5) is 0 Å². The summed E-state index contributed by atoms with van der Waals surface area (Å²) in [5.74, 6) is 1.13. The van der Waals surface area contributed by atoms with Gasteiger partial charge in [0, 0.05) is 18.8 Å². The van der Waals surface area contributed by atoms with E-state index in [2.05, 4.69) is 48.3 Å². The van der Waals surface area contributed by atoms with E-state index in [1.807, 2.05) is 30.3 Å². The SMILES string of the molecule is CC(C)C[C@H](NC(=O)[C@H](Cc1ccccc1)NC(=O)c1cnccn1)B1O[C@@H]2C[C@@H]3CC([C@@H]3C)[C@]2(C)O1. The number of hydrogen-bond donors (Lipinski definition) is 2. The molecule has 3 aliphatic carbocycles. The van der Waals surface area contributed by atoms with Crippen molar-refractivity contribution < 1.29 is 18.9 Å². The standard InChI is InChI=1S/C28H37BN4O4/c1-17(2)12-25(29-36-24-15-20-14-21(18(20)3)28(24,4)37-29)33-26(34)22(13-19-8-6-5-7-9-19)32-27(35)23-16-30-10-11-31-23/h5-11,16-18,20-22,24-25H,12-15H2,1-4H3,(H,32,35)(H,33,34)/t18-,20+,21?,22+,24-,25+,28+/m1/s1. The zero-order valence-electron chi connectivity index (χ0n) is 22.1. The molecule has 9 heteroatoms.